The van der Waals surface area contributed by atoms with Crippen LogP contribution in [0.5, 0.6) is 0 Å². The van der Waals surface area contributed by atoms with Gasteiger partial charge in [0.05, 0.1) is 13.0 Å². The summed E-state index contributed by atoms with van der Waals surface area (Å²) in [4.78, 5) is 37.1. The summed E-state index contributed by atoms with van der Waals surface area (Å²) in [5.74, 6) is -0.959. The topological polar surface area (TPSA) is 72.9 Å². The highest BCUT2D eigenvalue weighted by Gasteiger charge is 2.36. The summed E-state index contributed by atoms with van der Waals surface area (Å²) in [6.45, 7) is 7.95. The average Bonchev–Trinajstić information content (AvgIpc) is 2.83. The highest BCUT2D eigenvalue weighted by atomic mass is 16.6. The van der Waals surface area contributed by atoms with Gasteiger partial charge in [0, 0.05) is 13.0 Å². The highest BCUT2D eigenvalue weighted by molar-refractivity contribution is 5.87. The van der Waals surface area contributed by atoms with E-state index in [0.717, 1.165) is 6.42 Å². The molecule has 1 rings (SSSR count). The highest BCUT2D eigenvalue weighted by Crippen LogP contribution is 2.22. The third-order valence-electron chi connectivity index (χ3n) is 3.10. The van der Waals surface area contributed by atoms with Gasteiger partial charge in [-0.05, 0) is 40.5 Å². The smallest absolute Gasteiger partial charge is 0.329 e. The van der Waals surface area contributed by atoms with E-state index in [9.17, 15) is 14.4 Å². The van der Waals surface area contributed by atoms with Crippen molar-refractivity contribution in [1.82, 2.24) is 4.90 Å². The van der Waals surface area contributed by atoms with Gasteiger partial charge in [0.2, 0.25) is 5.91 Å². The third-order valence-corrected chi connectivity index (χ3v) is 3.10. The van der Waals surface area contributed by atoms with Crippen LogP contribution in [0, 0.1) is 0 Å². The maximum absolute atomic E-state index is 12.1. The SMILES string of the molecule is CCOC(=O)CCC(=O)N1CCC[C@H]1C(=O)OC(C)(C)C. The van der Waals surface area contributed by atoms with Crippen LogP contribution >= 0.6 is 0 Å². The maximum Gasteiger partial charge on any atom is 0.329 e. The Morgan fingerprint density at radius 3 is 2.43 bits per heavy atom. The average molecular weight is 299 g/mol. The summed E-state index contributed by atoms with van der Waals surface area (Å²) in [6.07, 6.45) is 1.50. The number of hydrogen-bond acceptors (Lipinski definition) is 5. The van der Waals surface area contributed by atoms with Crippen LogP contribution in [0.4, 0.5) is 0 Å². The Balaban J connectivity index is 2.54. The second-order valence-corrected chi connectivity index (χ2v) is 6.08. The van der Waals surface area contributed by atoms with Crippen LogP contribution in [-0.2, 0) is 23.9 Å². The molecule has 1 aliphatic heterocycles. The molecule has 6 heteroatoms. The molecule has 0 aliphatic carbocycles. The Kier molecular flexibility index (Phi) is 6.18. The van der Waals surface area contributed by atoms with E-state index in [-0.39, 0.29) is 30.7 Å². The molecule has 0 radical (unpaired) electrons. The Morgan fingerprint density at radius 1 is 1.19 bits per heavy atom. The van der Waals surface area contributed by atoms with Crippen LogP contribution in [0.3, 0.4) is 0 Å². The number of carbonyl (C=O) groups excluding carboxylic acids is 3. The zero-order valence-electron chi connectivity index (χ0n) is 13.3. The number of carbonyl (C=O) groups is 3. The first kappa shape index (κ1) is 17.5. The molecule has 21 heavy (non-hydrogen) atoms. The van der Waals surface area contributed by atoms with Gasteiger partial charge >= 0.3 is 11.9 Å². The van der Waals surface area contributed by atoms with Crippen molar-refractivity contribution in [3.63, 3.8) is 0 Å². The van der Waals surface area contributed by atoms with Crippen LogP contribution in [0.1, 0.15) is 53.4 Å². The van der Waals surface area contributed by atoms with Crippen molar-refractivity contribution in [1.29, 1.82) is 0 Å². The summed E-state index contributed by atoms with van der Waals surface area (Å²) in [5.41, 5.74) is -0.570. The van der Waals surface area contributed by atoms with Crippen molar-refractivity contribution < 1.29 is 23.9 Å². The lowest BCUT2D eigenvalue weighted by Crippen LogP contribution is -2.43. The van der Waals surface area contributed by atoms with Gasteiger partial charge in [-0.2, -0.15) is 0 Å². The molecule has 1 heterocycles. The van der Waals surface area contributed by atoms with Gasteiger partial charge in [-0.25, -0.2) is 4.79 Å². The molecule has 1 saturated heterocycles. The molecule has 0 aromatic heterocycles. The fourth-order valence-corrected chi connectivity index (χ4v) is 2.27. The van der Waals surface area contributed by atoms with Gasteiger partial charge in [-0.15, -0.1) is 0 Å². The van der Waals surface area contributed by atoms with E-state index >= 15 is 0 Å². The van der Waals surface area contributed by atoms with Crippen molar-refractivity contribution >= 4 is 17.8 Å². The number of hydrogen-bond donors (Lipinski definition) is 0. The summed E-state index contributed by atoms with van der Waals surface area (Å²) >= 11 is 0. The van der Waals surface area contributed by atoms with E-state index in [1.54, 1.807) is 27.7 Å². The quantitative estimate of drug-likeness (QED) is 0.722. The van der Waals surface area contributed by atoms with Crippen molar-refractivity contribution in [2.24, 2.45) is 0 Å². The Morgan fingerprint density at radius 2 is 1.86 bits per heavy atom. The third kappa shape index (κ3) is 5.73. The summed E-state index contributed by atoms with van der Waals surface area (Å²) in [6, 6.07) is -0.529. The molecule has 0 saturated carbocycles. The molecule has 0 N–H and O–H groups in total. The van der Waals surface area contributed by atoms with Crippen molar-refractivity contribution in [3.05, 3.63) is 0 Å². The minimum absolute atomic E-state index is 0.0458. The fraction of sp³-hybridized carbons (Fsp3) is 0.800. The zero-order chi connectivity index (χ0) is 16.0. The largest absolute Gasteiger partial charge is 0.466 e. The van der Waals surface area contributed by atoms with E-state index in [4.69, 9.17) is 9.47 Å². The van der Waals surface area contributed by atoms with E-state index in [0.29, 0.717) is 19.6 Å². The standard InChI is InChI=1S/C15H25NO5/c1-5-20-13(18)9-8-12(17)16-10-6-7-11(16)14(19)21-15(2,3)4/h11H,5-10H2,1-4H3/t11-/m0/s1. The second kappa shape index (κ2) is 7.43. The molecule has 1 atom stereocenters. The lowest BCUT2D eigenvalue weighted by molar-refractivity contribution is -0.163. The minimum atomic E-state index is -0.570. The van der Waals surface area contributed by atoms with Crippen molar-refractivity contribution in [2.45, 2.75) is 65.0 Å². The van der Waals surface area contributed by atoms with E-state index in [1.807, 2.05) is 0 Å². The summed E-state index contributed by atoms with van der Waals surface area (Å²) in [7, 11) is 0. The van der Waals surface area contributed by atoms with Crippen LogP contribution in [0.25, 0.3) is 0 Å². The van der Waals surface area contributed by atoms with Crippen molar-refractivity contribution in [3.8, 4) is 0 Å². The van der Waals surface area contributed by atoms with E-state index in [2.05, 4.69) is 0 Å². The Labute approximate surface area is 125 Å². The number of esters is 2. The minimum Gasteiger partial charge on any atom is -0.466 e. The first-order valence-corrected chi connectivity index (χ1v) is 7.42. The van der Waals surface area contributed by atoms with Crippen LogP contribution in [0.15, 0.2) is 0 Å². The van der Waals surface area contributed by atoms with Crippen LogP contribution in [0.2, 0.25) is 0 Å². The number of nitrogens with zero attached hydrogens (tertiary/aromatic N) is 1. The molecule has 1 fully saturated rings. The second-order valence-electron chi connectivity index (χ2n) is 6.08. The molecule has 0 aromatic rings. The molecule has 0 bridgehead atoms. The molecule has 0 aromatic carbocycles. The first-order chi connectivity index (χ1) is 9.74. The normalized spacial score (nSPS) is 18.5. The molecule has 120 valence electrons. The number of ether oxygens (including phenoxy) is 2. The lowest BCUT2D eigenvalue weighted by Gasteiger charge is -2.27. The monoisotopic (exact) mass is 299 g/mol. The summed E-state index contributed by atoms with van der Waals surface area (Å²) in [5, 5.41) is 0. The van der Waals surface area contributed by atoms with Gasteiger partial charge < -0.3 is 14.4 Å². The predicted molar refractivity (Wildman–Crippen MR) is 76.4 cm³/mol. The van der Waals surface area contributed by atoms with Gasteiger partial charge in [0.1, 0.15) is 11.6 Å². The molecular formula is C15H25NO5. The zero-order valence-corrected chi connectivity index (χ0v) is 13.3. The predicted octanol–water partition coefficient (Wildman–Crippen LogP) is 1.66. The molecule has 0 spiro atoms. The Hall–Kier alpha value is -1.59. The Bertz CT molecular complexity index is 399. The lowest BCUT2D eigenvalue weighted by atomic mass is 10.1. The van der Waals surface area contributed by atoms with E-state index in [1.165, 1.54) is 4.90 Å². The first-order valence-electron chi connectivity index (χ1n) is 7.42. The summed E-state index contributed by atoms with van der Waals surface area (Å²) < 4.78 is 10.1. The fourth-order valence-electron chi connectivity index (χ4n) is 2.27. The van der Waals surface area contributed by atoms with Gasteiger partial charge in [-0.1, -0.05) is 0 Å². The maximum atomic E-state index is 12.1. The van der Waals surface area contributed by atoms with E-state index < -0.39 is 11.6 Å². The number of amides is 1. The molecule has 0 unspecified atom stereocenters. The van der Waals surface area contributed by atoms with Gasteiger partial charge in [0.25, 0.3) is 0 Å². The van der Waals surface area contributed by atoms with Crippen molar-refractivity contribution in [2.75, 3.05) is 13.2 Å². The van der Waals surface area contributed by atoms with Crippen LogP contribution < -0.4 is 0 Å². The molecule has 6 nitrogen and oxygen atoms in total. The van der Waals surface area contributed by atoms with Crippen LogP contribution in [-0.4, -0.2) is 47.5 Å². The van der Waals surface area contributed by atoms with Gasteiger partial charge in [-0.3, -0.25) is 9.59 Å². The molecule has 1 aliphatic rings. The molecule has 1 amide bonds. The number of rotatable bonds is 5. The molecular weight excluding hydrogens is 274 g/mol. The van der Waals surface area contributed by atoms with Gasteiger partial charge in [0.15, 0.2) is 0 Å². The number of likely N-dealkylation sites (tertiary alicyclic amines) is 1.